The van der Waals surface area contributed by atoms with Crippen LogP contribution in [0.1, 0.15) is 30.5 Å². The van der Waals surface area contributed by atoms with Crippen LogP contribution in [0, 0.1) is 11.7 Å². The first-order chi connectivity index (χ1) is 17.6. The molecule has 5 rings (SSSR count). The Morgan fingerprint density at radius 1 is 1.19 bits per heavy atom. The van der Waals surface area contributed by atoms with E-state index >= 15 is 4.39 Å². The standard InChI is InChI=1S/C24H27F4N7O2/c25-18-10-34(8-14-5-6-33(11-19(14)36)12-20(29)37)22-21(18)23(32-13-31-22)35(17-3-4-17)9-16-2-1-15(7-30-16)24(26,27)28/h1-2,7,10,13-14,17,19,36H,3-6,8-9,11-12H2,(H2,29,37)/t14-,19+/m1/s1. The molecule has 9 nitrogen and oxygen atoms in total. The number of nitrogens with two attached hydrogens (primary N) is 1. The first-order valence-corrected chi connectivity index (χ1v) is 12.1. The number of likely N-dealkylation sites (tertiary alicyclic amines) is 1. The Kier molecular flexibility index (Phi) is 6.75. The normalized spacial score (nSPS) is 20.9. The summed E-state index contributed by atoms with van der Waals surface area (Å²) in [6, 6.07) is 2.38. The molecule has 3 N–H and O–H groups in total. The molecule has 2 aliphatic rings. The molecule has 1 aliphatic carbocycles. The first kappa shape index (κ1) is 25.3. The molecule has 0 radical (unpaired) electrons. The summed E-state index contributed by atoms with van der Waals surface area (Å²) < 4.78 is 55.7. The number of hydrogen-bond acceptors (Lipinski definition) is 7. The molecule has 0 aromatic carbocycles. The number of alkyl halides is 3. The zero-order chi connectivity index (χ0) is 26.3. The number of β-amino-alcohol motifs (C(OH)–C–C–N with tert-alkyl or cyclic N) is 1. The number of anilines is 1. The van der Waals surface area contributed by atoms with E-state index in [4.69, 9.17) is 5.73 Å². The molecule has 13 heteroatoms. The summed E-state index contributed by atoms with van der Waals surface area (Å²) in [5.74, 6) is -0.784. The molecule has 1 aliphatic heterocycles. The summed E-state index contributed by atoms with van der Waals surface area (Å²) >= 11 is 0. The van der Waals surface area contributed by atoms with Crippen LogP contribution < -0.4 is 10.6 Å². The second kappa shape index (κ2) is 9.86. The van der Waals surface area contributed by atoms with Crippen LogP contribution in [-0.2, 0) is 24.1 Å². The predicted molar refractivity (Wildman–Crippen MR) is 126 cm³/mol. The van der Waals surface area contributed by atoms with Gasteiger partial charge in [-0.1, -0.05) is 0 Å². The van der Waals surface area contributed by atoms with Gasteiger partial charge in [-0.2, -0.15) is 13.2 Å². The van der Waals surface area contributed by atoms with E-state index in [0.29, 0.717) is 43.2 Å². The Balaban J connectivity index is 1.38. The van der Waals surface area contributed by atoms with E-state index in [1.807, 2.05) is 4.90 Å². The molecule has 2 atom stereocenters. The molecule has 37 heavy (non-hydrogen) atoms. The predicted octanol–water partition coefficient (Wildman–Crippen LogP) is 2.32. The zero-order valence-corrected chi connectivity index (χ0v) is 19.9. The molecular weight excluding hydrogens is 494 g/mol. The monoisotopic (exact) mass is 521 g/mol. The molecule has 1 amide bonds. The number of aliphatic hydroxyl groups is 1. The third-order valence-electron chi connectivity index (χ3n) is 6.95. The quantitative estimate of drug-likeness (QED) is 0.438. The summed E-state index contributed by atoms with van der Waals surface area (Å²) in [4.78, 5) is 27.5. The van der Waals surface area contributed by atoms with E-state index < -0.39 is 29.6 Å². The van der Waals surface area contributed by atoms with Crippen molar-refractivity contribution in [3.8, 4) is 0 Å². The highest BCUT2D eigenvalue weighted by Crippen LogP contribution is 2.37. The van der Waals surface area contributed by atoms with Crippen molar-refractivity contribution in [3.05, 3.63) is 47.9 Å². The number of rotatable bonds is 8. The number of aromatic nitrogens is 4. The van der Waals surface area contributed by atoms with Crippen molar-refractivity contribution < 1.29 is 27.5 Å². The van der Waals surface area contributed by atoms with Gasteiger partial charge < -0.3 is 20.3 Å². The first-order valence-electron chi connectivity index (χ1n) is 12.1. The minimum atomic E-state index is -4.47. The molecular formula is C24H27F4N7O2. The van der Waals surface area contributed by atoms with Gasteiger partial charge in [-0.15, -0.1) is 0 Å². The summed E-state index contributed by atoms with van der Waals surface area (Å²) in [6.07, 6.45) is 0.591. The highest BCUT2D eigenvalue weighted by Gasteiger charge is 2.35. The highest BCUT2D eigenvalue weighted by molar-refractivity contribution is 5.89. The molecule has 1 saturated heterocycles. The van der Waals surface area contributed by atoms with Crippen molar-refractivity contribution in [2.24, 2.45) is 11.7 Å². The zero-order valence-electron chi connectivity index (χ0n) is 19.9. The van der Waals surface area contributed by atoms with Crippen molar-refractivity contribution in [1.29, 1.82) is 0 Å². The highest BCUT2D eigenvalue weighted by atomic mass is 19.4. The number of piperidine rings is 1. The summed E-state index contributed by atoms with van der Waals surface area (Å²) in [5.41, 5.74) is 5.21. The smallest absolute Gasteiger partial charge is 0.391 e. The molecule has 3 aromatic rings. The topological polar surface area (TPSA) is 113 Å². The Morgan fingerprint density at radius 3 is 2.59 bits per heavy atom. The average molecular weight is 522 g/mol. The van der Waals surface area contributed by atoms with E-state index in [2.05, 4.69) is 15.0 Å². The summed E-state index contributed by atoms with van der Waals surface area (Å²) in [6.45, 7) is 1.46. The van der Waals surface area contributed by atoms with E-state index in [9.17, 15) is 23.1 Å². The fourth-order valence-corrected chi connectivity index (χ4v) is 4.92. The van der Waals surface area contributed by atoms with Crippen LogP contribution in [0.25, 0.3) is 11.0 Å². The van der Waals surface area contributed by atoms with Gasteiger partial charge in [0.2, 0.25) is 5.91 Å². The van der Waals surface area contributed by atoms with Crippen LogP contribution in [-0.4, -0.2) is 67.2 Å². The Labute approximate surface area is 209 Å². The van der Waals surface area contributed by atoms with E-state index in [0.717, 1.165) is 25.1 Å². The van der Waals surface area contributed by atoms with Gasteiger partial charge in [-0.05, 0) is 37.9 Å². The van der Waals surface area contributed by atoms with Gasteiger partial charge in [0.05, 0.1) is 35.8 Å². The molecule has 0 spiro atoms. The van der Waals surface area contributed by atoms with Gasteiger partial charge in [0.25, 0.3) is 0 Å². The lowest BCUT2D eigenvalue weighted by atomic mass is 9.93. The summed E-state index contributed by atoms with van der Waals surface area (Å²) in [5, 5.41) is 10.9. The molecule has 2 fully saturated rings. The molecule has 0 bridgehead atoms. The lowest BCUT2D eigenvalue weighted by Gasteiger charge is -2.35. The van der Waals surface area contributed by atoms with E-state index in [-0.39, 0.29) is 30.4 Å². The van der Waals surface area contributed by atoms with Gasteiger partial charge in [0.1, 0.15) is 17.8 Å². The number of halogens is 4. The Morgan fingerprint density at radius 2 is 1.97 bits per heavy atom. The number of carbonyl (C=O) groups excluding carboxylic acids is 1. The molecule has 198 valence electrons. The number of nitrogens with zero attached hydrogens (tertiary/aromatic N) is 6. The minimum absolute atomic E-state index is 0.0707. The SMILES string of the molecule is NC(=O)CN1CC[C@H](Cn2cc(F)c3c(N(Cc4ccc(C(F)(F)F)cn4)C4CC4)ncnc32)[C@@H](O)C1. The summed E-state index contributed by atoms with van der Waals surface area (Å²) in [7, 11) is 0. The van der Waals surface area contributed by atoms with Crippen LogP contribution in [0.3, 0.4) is 0 Å². The van der Waals surface area contributed by atoms with Crippen molar-refractivity contribution in [3.63, 3.8) is 0 Å². The van der Waals surface area contributed by atoms with Gasteiger partial charge >= 0.3 is 6.18 Å². The maximum Gasteiger partial charge on any atom is 0.417 e. The van der Waals surface area contributed by atoms with Crippen molar-refractivity contribution >= 4 is 22.8 Å². The van der Waals surface area contributed by atoms with Crippen LogP contribution in [0.15, 0.2) is 30.9 Å². The number of hydrogen-bond donors (Lipinski definition) is 2. The Hall–Kier alpha value is -3.32. The number of fused-ring (bicyclic) bond motifs is 1. The molecule has 3 aromatic heterocycles. The second-order valence-corrected chi connectivity index (χ2v) is 9.74. The lowest BCUT2D eigenvalue weighted by Crippen LogP contribution is -2.47. The van der Waals surface area contributed by atoms with Gasteiger partial charge in [-0.3, -0.25) is 14.7 Å². The van der Waals surface area contributed by atoms with Crippen molar-refractivity contribution in [2.45, 2.75) is 50.7 Å². The van der Waals surface area contributed by atoms with Crippen LogP contribution in [0.2, 0.25) is 0 Å². The third kappa shape index (κ3) is 5.52. The van der Waals surface area contributed by atoms with Crippen LogP contribution in [0.5, 0.6) is 0 Å². The molecule has 4 heterocycles. The Bertz CT molecular complexity index is 1280. The van der Waals surface area contributed by atoms with E-state index in [1.54, 1.807) is 9.47 Å². The lowest BCUT2D eigenvalue weighted by molar-refractivity contribution is -0.137. The number of aliphatic hydroxyl groups excluding tert-OH is 1. The van der Waals surface area contributed by atoms with Crippen LogP contribution in [0.4, 0.5) is 23.4 Å². The van der Waals surface area contributed by atoms with Gasteiger partial charge in [0.15, 0.2) is 5.82 Å². The molecule has 0 unspecified atom stereocenters. The second-order valence-electron chi connectivity index (χ2n) is 9.74. The number of primary amides is 1. The van der Waals surface area contributed by atoms with Gasteiger partial charge in [-0.25, -0.2) is 14.4 Å². The average Bonchev–Trinajstić information content (AvgIpc) is 3.63. The van der Waals surface area contributed by atoms with Gasteiger partial charge in [0, 0.05) is 37.4 Å². The largest absolute Gasteiger partial charge is 0.417 e. The van der Waals surface area contributed by atoms with E-state index in [1.165, 1.54) is 18.6 Å². The van der Waals surface area contributed by atoms with Crippen LogP contribution >= 0.6 is 0 Å². The van der Waals surface area contributed by atoms with Crippen molar-refractivity contribution in [1.82, 2.24) is 24.4 Å². The fourth-order valence-electron chi connectivity index (χ4n) is 4.92. The maximum absolute atomic E-state index is 15.3. The number of carbonyl (C=O) groups is 1. The fraction of sp³-hybridized carbons (Fsp3) is 0.500. The number of pyridine rings is 1. The maximum atomic E-state index is 15.3. The number of amides is 1. The van der Waals surface area contributed by atoms with Crippen molar-refractivity contribution in [2.75, 3.05) is 24.5 Å². The third-order valence-corrected chi connectivity index (χ3v) is 6.95. The molecule has 1 saturated carbocycles. The minimum Gasteiger partial charge on any atom is -0.391 e.